The lowest BCUT2D eigenvalue weighted by Crippen LogP contribution is -2.39. The molecule has 31 heavy (non-hydrogen) atoms. The second kappa shape index (κ2) is 9.97. The Hall–Kier alpha value is -3.55. The number of hydrogen-bond donors (Lipinski definition) is 2. The molecule has 1 aliphatic rings. The van der Waals surface area contributed by atoms with Crippen LogP contribution < -0.4 is 10.5 Å². The molecule has 8 heteroatoms. The molecule has 3 rings (SSSR count). The molecule has 0 bridgehead atoms. The molecule has 1 aliphatic heterocycles. The van der Waals surface area contributed by atoms with Crippen LogP contribution in [0.1, 0.15) is 35.1 Å². The first-order valence-electron chi connectivity index (χ1n) is 9.87. The van der Waals surface area contributed by atoms with E-state index in [1.165, 1.54) is 0 Å². The quantitative estimate of drug-likeness (QED) is 0.548. The van der Waals surface area contributed by atoms with E-state index in [2.05, 4.69) is 17.1 Å². The lowest BCUT2D eigenvalue weighted by atomic mass is 9.96. The van der Waals surface area contributed by atoms with Gasteiger partial charge in [0.15, 0.2) is 0 Å². The van der Waals surface area contributed by atoms with Gasteiger partial charge in [0.05, 0.1) is 36.4 Å². The summed E-state index contributed by atoms with van der Waals surface area (Å²) in [6, 6.07) is 14.9. The Labute approximate surface area is 186 Å². The van der Waals surface area contributed by atoms with Crippen LogP contribution in [0, 0.1) is 34.0 Å². The van der Waals surface area contributed by atoms with Gasteiger partial charge in [0.1, 0.15) is 17.4 Å². The maximum absolute atomic E-state index is 9.31. The summed E-state index contributed by atoms with van der Waals surface area (Å²) in [5.74, 6) is 1.18. The van der Waals surface area contributed by atoms with Crippen molar-refractivity contribution in [2.24, 2.45) is 16.6 Å². The third kappa shape index (κ3) is 5.14. The summed E-state index contributed by atoms with van der Waals surface area (Å²) < 4.78 is 5.16. The Morgan fingerprint density at radius 2 is 1.97 bits per heavy atom. The third-order valence-electron chi connectivity index (χ3n) is 5.32. The predicted molar refractivity (Wildman–Crippen MR) is 120 cm³/mol. The Bertz CT molecular complexity index is 1090. The van der Waals surface area contributed by atoms with Gasteiger partial charge in [0, 0.05) is 30.1 Å². The number of halogens is 1. The van der Waals surface area contributed by atoms with E-state index in [0.29, 0.717) is 52.9 Å². The highest BCUT2D eigenvalue weighted by molar-refractivity contribution is 6.32. The summed E-state index contributed by atoms with van der Waals surface area (Å²) in [4.78, 5) is 6.42. The SMILES string of the molecule is COc1ccc(CN=C(N)c2cc(C#N)ccc2C(=N)N2CCC(C#N)CC2)cc1Cl. The van der Waals surface area contributed by atoms with Gasteiger partial charge < -0.3 is 15.4 Å². The van der Waals surface area contributed by atoms with E-state index < -0.39 is 0 Å². The molecule has 0 atom stereocenters. The molecule has 0 unspecified atom stereocenters. The Kier molecular flexibility index (Phi) is 7.12. The van der Waals surface area contributed by atoms with Crippen LogP contribution in [0.5, 0.6) is 5.75 Å². The van der Waals surface area contributed by atoms with Crippen molar-refractivity contribution in [1.29, 1.82) is 15.9 Å². The summed E-state index contributed by atoms with van der Waals surface area (Å²) >= 11 is 6.18. The van der Waals surface area contributed by atoms with E-state index >= 15 is 0 Å². The summed E-state index contributed by atoms with van der Waals surface area (Å²) in [5, 5.41) is 27.6. The minimum atomic E-state index is 0.0347. The van der Waals surface area contributed by atoms with Crippen LogP contribution in [0.15, 0.2) is 41.4 Å². The van der Waals surface area contributed by atoms with Gasteiger partial charge in [0.25, 0.3) is 0 Å². The van der Waals surface area contributed by atoms with Crippen molar-refractivity contribution in [3.63, 3.8) is 0 Å². The molecule has 0 aromatic heterocycles. The van der Waals surface area contributed by atoms with Crippen LogP contribution in [-0.2, 0) is 6.54 Å². The number of likely N-dealkylation sites (tertiary alicyclic amines) is 1. The summed E-state index contributed by atoms with van der Waals surface area (Å²) in [6.45, 7) is 1.57. The first-order valence-corrected chi connectivity index (χ1v) is 10.2. The highest BCUT2D eigenvalue weighted by Gasteiger charge is 2.23. The standard InChI is InChI=1S/C23H23ClN6O/c1-31-21-5-3-17(11-20(21)24)14-29-22(27)19-10-16(13-26)2-4-18(19)23(28)30-8-6-15(12-25)7-9-30/h2-5,10-11,15,28H,6-9,14H2,1H3,(H2,27,29). The number of benzene rings is 2. The predicted octanol–water partition coefficient (Wildman–Crippen LogP) is 3.69. The normalized spacial score (nSPS) is 14.6. The number of nitriles is 2. The number of aliphatic imine (C=N–C) groups is 1. The zero-order chi connectivity index (χ0) is 22.4. The molecule has 3 N–H and O–H groups in total. The number of ether oxygens (including phenoxy) is 1. The van der Waals surface area contributed by atoms with Gasteiger partial charge >= 0.3 is 0 Å². The average molecular weight is 435 g/mol. The van der Waals surface area contributed by atoms with E-state index in [1.54, 1.807) is 37.4 Å². The van der Waals surface area contributed by atoms with Crippen molar-refractivity contribution >= 4 is 23.3 Å². The maximum Gasteiger partial charge on any atom is 0.137 e. The van der Waals surface area contributed by atoms with Crippen LogP contribution >= 0.6 is 11.6 Å². The minimum absolute atomic E-state index is 0.0347. The van der Waals surface area contributed by atoms with E-state index in [-0.39, 0.29) is 11.8 Å². The van der Waals surface area contributed by atoms with Gasteiger partial charge in [-0.3, -0.25) is 10.4 Å². The molecule has 1 saturated heterocycles. The zero-order valence-electron chi connectivity index (χ0n) is 17.2. The second-order valence-corrected chi connectivity index (χ2v) is 7.69. The lowest BCUT2D eigenvalue weighted by molar-refractivity contribution is 0.302. The van der Waals surface area contributed by atoms with Crippen LogP contribution in [0.25, 0.3) is 0 Å². The fourth-order valence-corrected chi connectivity index (χ4v) is 3.78. The number of piperidine rings is 1. The van der Waals surface area contributed by atoms with E-state index in [9.17, 15) is 5.26 Å². The highest BCUT2D eigenvalue weighted by atomic mass is 35.5. The van der Waals surface area contributed by atoms with Crippen molar-refractivity contribution in [3.05, 3.63) is 63.7 Å². The molecule has 7 nitrogen and oxygen atoms in total. The molecular formula is C23H23ClN6O. The van der Waals surface area contributed by atoms with Gasteiger partial charge in [-0.05, 0) is 48.7 Å². The number of nitrogens with zero attached hydrogens (tertiary/aromatic N) is 4. The molecule has 0 amide bonds. The molecule has 2 aromatic rings. The van der Waals surface area contributed by atoms with Crippen LogP contribution in [0.2, 0.25) is 5.02 Å². The highest BCUT2D eigenvalue weighted by Crippen LogP contribution is 2.25. The van der Waals surface area contributed by atoms with Crippen molar-refractivity contribution in [1.82, 2.24) is 4.90 Å². The smallest absolute Gasteiger partial charge is 0.137 e. The molecule has 158 valence electrons. The van der Waals surface area contributed by atoms with Crippen LogP contribution in [-0.4, -0.2) is 36.8 Å². The first-order chi connectivity index (χ1) is 15.0. The number of rotatable bonds is 5. The van der Waals surface area contributed by atoms with Crippen molar-refractivity contribution in [2.75, 3.05) is 20.2 Å². The molecular weight excluding hydrogens is 412 g/mol. The number of amidine groups is 2. The summed E-state index contributed by atoms with van der Waals surface area (Å²) in [5.41, 5.74) is 8.76. The topological polar surface area (TPSA) is 122 Å². The first kappa shape index (κ1) is 22.1. The average Bonchev–Trinajstić information content (AvgIpc) is 2.81. The Balaban J connectivity index is 1.86. The maximum atomic E-state index is 9.31. The molecule has 0 radical (unpaired) electrons. The van der Waals surface area contributed by atoms with Gasteiger partial charge in [-0.15, -0.1) is 0 Å². The Morgan fingerprint density at radius 1 is 1.23 bits per heavy atom. The van der Waals surface area contributed by atoms with E-state index in [4.69, 9.17) is 32.7 Å². The van der Waals surface area contributed by atoms with Gasteiger partial charge in [-0.25, -0.2) is 0 Å². The monoisotopic (exact) mass is 434 g/mol. The van der Waals surface area contributed by atoms with Crippen LogP contribution in [0.3, 0.4) is 0 Å². The number of methoxy groups -OCH3 is 1. The second-order valence-electron chi connectivity index (χ2n) is 7.28. The largest absolute Gasteiger partial charge is 0.495 e. The van der Waals surface area contributed by atoms with Gasteiger partial charge in [0.2, 0.25) is 0 Å². The number of hydrogen-bond acceptors (Lipinski definition) is 5. The Morgan fingerprint density at radius 3 is 2.58 bits per heavy atom. The van der Waals surface area contributed by atoms with E-state index in [0.717, 1.165) is 18.4 Å². The minimum Gasteiger partial charge on any atom is -0.495 e. The zero-order valence-corrected chi connectivity index (χ0v) is 18.0. The fraction of sp³-hybridized carbons (Fsp3) is 0.304. The number of nitrogens with two attached hydrogens (primary N) is 1. The lowest BCUT2D eigenvalue weighted by Gasteiger charge is -2.31. The van der Waals surface area contributed by atoms with Gasteiger partial charge in [-0.1, -0.05) is 17.7 Å². The molecule has 0 saturated carbocycles. The fourth-order valence-electron chi connectivity index (χ4n) is 3.50. The molecule has 1 fully saturated rings. The third-order valence-corrected chi connectivity index (χ3v) is 5.62. The summed E-state index contributed by atoms with van der Waals surface area (Å²) in [7, 11) is 1.55. The van der Waals surface area contributed by atoms with Crippen molar-refractivity contribution < 1.29 is 4.74 Å². The van der Waals surface area contributed by atoms with Gasteiger partial charge in [-0.2, -0.15) is 10.5 Å². The van der Waals surface area contributed by atoms with Crippen LogP contribution in [0.4, 0.5) is 0 Å². The number of nitrogens with one attached hydrogen (secondary N) is 1. The molecule has 0 spiro atoms. The van der Waals surface area contributed by atoms with E-state index in [1.807, 2.05) is 11.0 Å². The summed E-state index contributed by atoms with van der Waals surface area (Å²) in [6.07, 6.45) is 1.46. The molecule has 0 aliphatic carbocycles. The van der Waals surface area contributed by atoms with Crippen molar-refractivity contribution in [2.45, 2.75) is 19.4 Å². The van der Waals surface area contributed by atoms with Crippen molar-refractivity contribution in [3.8, 4) is 17.9 Å². The molecule has 1 heterocycles. The molecule has 2 aromatic carbocycles.